The van der Waals surface area contributed by atoms with Gasteiger partial charge < -0.3 is 11.5 Å². The molecule has 2 aromatic rings. The summed E-state index contributed by atoms with van der Waals surface area (Å²) >= 11 is 16.4. The SMILES string of the molecule is CC#N.CC(C)(C)c1nc(C=O)c(Cl)c(N)c1F.CC(C)(C)c1nc(C=O)cc(N)c1F.CC1(C)C(=O)N(Cl)C(=O)N1Cl. The number of nitrogens with two attached hydrogens (primary N) is 2. The Morgan fingerprint density at radius 1 is 0.953 bits per heavy atom. The van der Waals surface area contributed by atoms with Crippen LogP contribution in [0.2, 0.25) is 5.02 Å². The van der Waals surface area contributed by atoms with Crippen LogP contribution in [0, 0.1) is 23.0 Å². The number of pyridine rings is 2. The quantitative estimate of drug-likeness (QED) is 0.210. The van der Waals surface area contributed by atoms with Crippen molar-refractivity contribution < 1.29 is 28.0 Å². The van der Waals surface area contributed by atoms with Gasteiger partial charge in [0.1, 0.15) is 16.9 Å². The van der Waals surface area contributed by atoms with Crippen molar-refractivity contribution in [2.45, 2.75) is 78.7 Å². The zero-order chi connectivity index (χ0) is 34.2. The van der Waals surface area contributed by atoms with Gasteiger partial charge in [-0.15, -0.1) is 0 Å². The van der Waals surface area contributed by atoms with Crippen LogP contribution in [0.4, 0.5) is 25.0 Å². The maximum Gasteiger partial charge on any atom is 0.357 e. The van der Waals surface area contributed by atoms with E-state index >= 15 is 0 Å². The molecular weight excluding hydrogens is 631 g/mol. The first-order valence-corrected chi connectivity index (χ1v) is 13.3. The van der Waals surface area contributed by atoms with E-state index < -0.39 is 39.9 Å². The van der Waals surface area contributed by atoms with E-state index in [1.165, 1.54) is 26.8 Å². The maximum atomic E-state index is 13.7. The molecule has 4 N–H and O–H groups in total. The van der Waals surface area contributed by atoms with Crippen LogP contribution in [0.15, 0.2) is 6.07 Å². The van der Waals surface area contributed by atoms with Crippen LogP contribution in [0.3, 0.4) is 0 Å². The van der Waals surface area contributed by atoms with E-state index in [0.717, 1.165) is 4.42 Å². The summed E-state index contributed by atoms with van der Waals surface area (Å²) in [5.41, 5.74) is 9.08. The molecule has 0 aliphatic carbocycles. The minimum absolute atomic E-state index is 0.0273. The van der Waals surface area contributed by atoms with Gasteiger partial charge in [-0.1, -0.05) is 53.1 Å². The zero-order valence-corrected chi connectivity index (χ0v) is 27.4. The van der Waals surface area contributed by atoms with Crippen LogP contribution < -0.4 is 11.5 Å². The number of nitrogen functional groups attached to an aromatic ring is 2. The van der Waals surface area contributed by atoms with Crippen molar-refractivity contribution in [3.63, 3.8) is 0 Å². The monoisotopic (exact) mass is 663 g/mol. The summed E-state index contributed by atoms with van der Waals surface area (Å²) in [6.45, 7) is 15.2. The van der Waals surface area contributed by atoms with E-state index in [9.17, 15) is 28.0 Å². The molecule has 43 heavy (non-hydrogen) atoms. The van der Waals surface area contributed by atoms with Crippen LogP contribution in [0.25, 0.3) is 0 Å². The molecule has 2 aromatic heterocycles. The summed E-state index contributed by atoms with van der Waals surface area (Å²) in [4.78, 5) is 50.9. The number of anilines is 2. The van der Waals surface area contributed by atoms with Gasteiger partial charge in [0, 0.05) is 41.3 Å². The van der Waals surface area contributed by atoms with Crippen molar-refractivity contribution in [3.05, 3.63) is 45.5 Å². The number of imide groups is 1. The molecule has 0 saturated carbocycles. The molecule has 0 radical (unpaired) electrons. The van der Waals surface area contributed by atoms with Crippen molar-refractivity contribution in [2.75, 3.05) is 11.5 Å². The van der Waals surface area contributed by atoms with Crippen LogP contribution in [-0.2, 0) is 15.6 Å². The number of carbonyl (C=O) groups excluding carboxylic acids is 4. The first-order valence-electron chi connectivity index (χ1n) is 12.3. The van der Waals surface area contributed by atoms with E-state index in [1.807, 2.05) is 20.8 Å². The summed E-state index contributed by atoms with van der Waals surface area (Å²) in [6.07, 6.45) is 1.03. The van der Waals surface area contributed by atoms with Crippen molar-refractivity contribution >= 4 is 71.0 Å². The molecule has 1 aliphatic heterocycles. The van der Waals surface area contributed by atoms with Crippen molar-refractivity contribution in [1.29, 1.82) is 5.26 Å². The first-order chi connectivity index (χ1) is 19.4. The third-order valence-corrected chi connectivity index (χ3v) is 6.59. The van der Waals surface area contributed by atoms with Gasteiger partial charge >= 0.3 is 6.03 Å². The van der Waals surface area contributed by atoms with Gasteiger partial charge in [0.25, 0.3) is 5.91 Å². The molecular formula is C27H34Cl3F2N7O4. The van der Waals surface area contributed by atoms with Gasteiger partial charge in [0.2, 0.25) is 0 Å². The third-order valence-electron chi connectivity index (χ3n) is 5.33. The number of nitrogens with zero attached hydrogens (tertiary/aromatic N) is 5. The molecule has 236 valence electrons. The number of nitriles is 1. The number of hydrogen-bond donors (Lipinski definition) is 2. The molecule has 11 nitrogen and oxygen atoms in total. The average molecular weight is 665 g/mol. The number of urea groups is 1. The lowest BCUT2D eigenvalue weighted by Gasteiger charge is -2.20. The highest BCUT2D eigenvalue weighted by Gasteiger charge is 2.51. The molecule has 0 atom stereocenters. The Hall–Kier alpha value is -3.60. The minimum atomic E-state index is -1.04. The Morgan fingerprint density at radius 2 is 1.40 bits per heavy atom. The molecule has 1 aliphatic rings. The van der Waals surface area contributed by atoms with Crippen molar-refractivity contribution in [1.82, 2.24) is 18.8 Å². The second kappa shape index (κ2) is 15.2. The summed E-state index contributed by atoms with van der Waals surface area (Å²) in [6, 6.07) is 2.28. The largest absolute Gasteiger partial charge is 0.396 e. The smallest absolute Gasteiger partial charge is 0.357 e. The van der Waals surface area contributed by atoms with Crippen molar-refractivity contribution in [2.24, 2.45) is 0 Å². The van der Waals surface area contributed by atoms with Gasteiger partial charge in [-0.05, 0) is 19.9 Å². The number of amides is 3. The van der Waals surface area contributed by atoms with E-state index in [4.69, 9.17) is 51.9 Å². The third kappa shape index (κ3) is 9.71. The molecule has 16 heteroatoms. The Balaban J connectivity index is 0.000000593. The minimum Gasteiger partial charge on any atom is -0.396 e. The molecule has 0 aromatic carbocycles. The first kappa shape index (κ1) is 39.4. The highest BCUT2D eigenvalue weighted by molar-refractivity contribution is 6.39. The number of rotatable bonds is 2. The lowest BCUT2D eigenvalue weighted by atomic mass is 9.90. The number of hydrogen-bond acceptors (Lipinski definition) is 9. The second-order valence-electron chi connectivity index (χ2n) is 11.4. The van der Waals surface area contributed by atoms with Gasteiger partial charge in [-0.2, -0.15) is 9.68 Å². The average Bonchev–Trinajstić information content (AvgIpc) is 3.03. The Morgan fingerprint density at radius 3 is 1.70 bits per heavy atom. The lowest BCUT2D eigenvalue weighted by molar-refractivity contribution is -0.127. The number of aromatic nitrogens is 2. The fourth-order valence-electron chi connectivity index (χ4n) is 3.01. The molecule has 3 heterocycles. The van der Waals surface area contributed by atoms with E-state index in [2.05, 4.69) is 9.97 Å². The lowest BCUT2D eigenvalue weighted by Crippen LogP contribution is -2.38. The Labute approximate surface area is 264 Å². The van der Waals surface area contributed by atoms with Crippen LogP contribution in [0.1, 0.15) is 94.7 Å². The highest BCUT2D eigenvalue weighted by Crippen LogP contribution is 2.32. The van der Waals surface area contributed by atoms with Gasteiger partial charge in [0.15, 0.2) is 24.2 Å². The standard InChI is InChI=1S/C10H12ClFN2O.C10H13FN2O.C5H6Cl2N2O2.C2H3N/c1-10(2,3)9-7(12)8(13)6(11)5(4-15)14-9;1-10(2,3)9-8(11)7(12)4-6(5-14)13-9;1-5(2)3(10)8(6)4(11)9(5)7;1-2-3/h4H,1-3H3,(H2,13,14);4-5H,1-3H3,(H2,12,13);1-2H3;1H3. The summed E-state index contributed by atoms with van der Waals surface area (Å²) in [5, 5.41) is 7.19. The van der Waals surface area contributed by atoms with Crippen LogP contribution >= 0.6 is 35.2 Å². The summed E-state index contributed by atoms with van der Waals surface area (Å²) in [5.74, 6) is -1.71. The zero-order valence-electron chi connectivity index (χ0n) is 25.1. The van der Waals surface area contributed by atoms with Crippen LogP contribution in [-0.4, -0.2) is 48.9 Å². The van der Waals surface area contributed by atoms with Gasteiger partial charge in [-0.25, -0.2) is 28.0 Å². The number of aldehydes is 2. The van der Waals surface area contributed by atoms with Crippen molar-refractivity contribution in [3.8, 4) is 6.07 Å². The second-order valence-corrected chi connectivity index (χ2v) is 12.4. The Kier molecular flexibility index (Phi) is 13.9. The molecule has 0 bridgehead atoms. The highest BCUT2D eigenvalue weighted by atomic mass is 35.5. The maximum absolute atomic E-state index is 13.7. The van der Waals surface area contributed by atoms with E-state index in [0.29, 0.717) is 17.0 Å². The fraction of sp³-hybridized carbons (Fsp3) is 0.444. The predicted octanol–water partition coefficient (Wildman–Crippen LogP) is 6.35. The molecule has 3 rings (SSSR count). The molecule has 1 fully saturated rings. The van der Waals surface area contributed by atoms with Gasteiger partial charge in [-0.3, -0.25) is 14.4 Å². The normalized spacial score (nSPS) is 13.9. The molecule has 0 unspecified atom stereocenters. The fourth-order valence-corrected chi connectivity index (χ4v) is 3.65. The van der Waals surface area contributed by atoms with Crippen LogP contribution in [0.5, 0.6) is 0 Å². The van der Waals surface area contributed by atoms with E-state index in [1.54, 1.807) is 26.8 Å². The van der Waals surface area contributed by atoms with E-state index in [-0.39, 0.29) is 39.2 Å². The molecule has 3 amide bonds. The topological polar surface area (TPSA) is 176 Å². The number of halogens is 5. The number of carbonyl (C=O) groups is 4. The molecule has 1 saturated heterocycles. The summed E-state index contributed by atoms with van der Waals surface area (Å²) < 4.78 is 28.5. The summed E-state index contributed by atoms with van der Waals surface area (Å²) in [7, 11) is 0. The van der Waals surface area contributed by atoms with Gasteiger partial charge in [0.05, 0.1) is 33.9 Å². The predicted molar refractivity (Wildman–Crippen MR) is 162 cm³/mol. The Bertz CT molecular complexity index is 1420. The molecule has 0 spiro atoms.